The molecular weight excluding hydrogens is 164 g/mol. The second kappa shape index (κ2) is 3.01. The van der Waals surface area contributed by atoms with Crippen molar-refractivity contribution in [2.24, 2.45) is 0 Å². The quantitative estimate of drug-likeness (QED) is 0.757. The minimum Gasteiger partial charge on any atom is -0.497 e. The number of hydrogen-bond donors (Lipinski definition) is 1. The van der Waals surface area contributed by atoms with Crippen LogP contribution in [0.2, 0.25) is 0 Å². The summed E-state index contributed by atoms with van der Waals surface area (Å²) in [6, 6.07) is 5.98. The molecule has 3 nitrogen and oxygen atoms in total. The van der Waals surface area contributed by atoms with Gasteiger partial charge in [0, 0.05) is 25.5 Å². The molecule has 0 aliphatic heterocycles. The van der Waals surface area contributed by atoms with E-state index in [-0.39, 0.29) is 0 Å². The smallest absolute Gasteiger partial charge is 0.122 e. The Kier molecular flexibility index (Phi) is 1.85. The second-order valence-electron chi connectivity index (χ2n) is 2.84. The molecule has 0 atom stereocenters. The average Bonchev–Trinajstić information content (AvgIpc) is 2.59. The van der Waals surface area contributed by atoms with Crippen molar-refractivity contribution in [1.82, 2.24) is 4.40 Å². The van der Waals surface area contributed by atoms with Crippen LogP contribution in [0.3, 0.4) is 0 Å². The highest BCUT2D eigenvalue weighted by atomic mass is 16.5. The molecule has 0 bridgehead atoms. The fraction of sp³-hybridized carbons (Fsp3) is 0.200. The molecule has 0 saturated carbocycles. The van der Waals surface area contributed by atoms with Crippen LogP contribution in [0.1, 0.15) is 0 Å². The van der Waals surface area contributed by atoms with Gasteiger partial charge in [0.25, 0.3) is 0 Å². The first-order valence-electron chi connectivity index (χ1n) is 4.17. The summed E-state index contributed by atoms with van der Waals surface area (Å²) in [6.07, 6.45) is 4.00. The van der Waals surface area contributed by atoms with Crippen LogP contribution in [0.25, 0.3) is 5.52 Å². The molecule has 2 rings (SSSR count). The maximum absolute atomic E-state index is 5.15. The first-order valence-corrected chi connectivity index (χ1v) is 4.17. The summed E-state index contributed by atoms with van der Waals surface area (Å²) < 4.78 is 7.20. The number of rotatable bonds is 2. The highest BCUT2D eigenvalue weighted by molar-refractivity contribution is 5.73. The van der Waals surface area contributed by atoms with E-state index >= 15 is 0 Å². The zero-order chi connectivity index (χ0) is 9.26. The Morgan fingerprint density at radius 1 is 1.31 bits per heavy atom. The maximum Gasteiger partial charge on any atom is 0.122 e. The van der Waals surface area contributed by atoms with E-state index in [0.717, 1.165) is 17.0 Å². The van der Waals surface area contributed by atoms with E-state index in [1.807, 2.05) is 42.0 Å². The van der Waals surface area contributed by atoms with E-state index in [1.54, 1.807) is 7.11 Å². The lowest BCUT2D eigenvalue weighted by Gasteiger charge is -2.02. The van der Waals surface area contributed by atoms with Gasteiger partial charge in [0.1, 0.15) is 5.75 Å². The molecule has 68 valence electrons. The predicted octanol–water partition coefficient (Wildman–Crippen LogP) is 1.99. The maximum atomic E-state index is 5.15. The van der Waals surface area contributed by atoms with E-state index in [1.165, 1.54) is 0 Å². The standard InChI is InChI=1S/C10H12N2O/c1-11-9-4-6-12-5-3-8(13-2)7-10(9)12/h3-7,11H,1-2H3. The number of fused-ring (bicyclic) bond motifs is 1. The van der Waals surface area contributed by atoms with Gasteiger partial charge in [-0.2, -0.15) is 0 Å². The highest BCUT2D eigenvalue weighted by Crippen LogP contribution is 2.22. The van der Waals surface area contributed by atoms with Gasteiger partial charge in [-0.1, -0.05) is 0 Å². The molecule has 0 aliphatic rings. The number of anilines is 1. The zero-order valence-electron chi connectivity index (χ0n) is 7.74. The lowest BCUT2D eigenvalue weighted by atomic mass is 10.3. The number of ether oxygens (including phenoxy) is 1. The van der Waals surface area contributed by atoms with Gasteiger partial charge in [-0.25, -0.2) is 0 Å². The number of methoxy groups -OCH3 is 1. The minimum absolute atomic E-state index is 0.878. The average molecular weight is 176 g/mol. The van der Waals surface area contributed by atoms with Crippen molar-refractivity contribution in [3.8, 4) is 5.75 Å². The Balaban J connectivity index is 2.64. The van der Waals surface area contributed by atoms with E-state index in [0.29, 0.717) is 0 Å². The van der Waals surface area contributed by atoms with Gasteiger partial charge in [-0.05, 0) is 12.1 Å². The highest BCUT2D eigenvalue weighted by Gasteiger charge is 2.00. The molecule has 0 unspecified atom stereocenters. The van der Waals surface area contributed by atoms with Crippen LogP contribution in [-0.4, -0.2) is 18.6 Å². The number of aromatic nitrogens is 1. The summed E-state index contributed by atoms with van der Waals surface area (Å²) in [5, 5.41) is 3.12. The van der Waals surface area contributed by atoms with Crippen LogP contribution in [0, 0.1) is 0 Å². The van der Waals surface area contributed by atoms with Gasteiger partial charge < -0.3 is 14.5 Å². The molecule has 0 amide bonds. The van der Waals surface area contributed by atoms with E-state index < -0.39 is 0 Å². The van der Waals surface area contributed by atoms with Crippen LogP contribution in [0.5, 0.6) is 5.75 Å². The largest absolute Gasteiger partial charge is 0.497 e. The van der Waals surface area contributed by atoms with Crippen molar-refractivity contribution in [2.75, 3.05) is 19.5 Å². The van der Waals surface area contributed by atoms with Gasteiger partial charge in [-0.15, -0.1) is 0 Å². The van der Waals surface area contributed by atoms with Crippen LogP contribution in [-0.2, 0) is 0 Å². The lowest BCUT2D eigenvalue weighted by Crippen LogP contribution is -1.89. The third-order valence-corrected chi connectivity index (χ3v) is 2.14. The third-order valence-electron chi connectivity index (χ3n) is 2.14. The number of nitrogens with one attached hydrogen (secondary N) is 1. The van der Waals surface area contributed by atoms with Gasteiger partial charge in [-0.3, -0.25) is 0 Å². The van der Waals surface area contributed by atoms with Gasteiger partial charge >= 0.3 is 0 Å². The molecule has 1 N–H and O–H groups in total. The molecule has 0 spiro atoms. The van der Waals surface area contributed by atoms with Gasteiger partial charge in [0.2, 0.25) is 0 Å². The van der Waals surface area contributed by atoms with Crippen molar-refractivity contribution < 1.29 is 4.74 Å². The Morgan fingerprint density at radius 3 is 2.77 bits per heavy atom. The van der Waals surface area contributed by atoms with Crippen molar-refractivity contribution in [3.63, 3.8) is 0 Å². The topological polar surface area (TPSA) is 25.7 Å². The summed E-state index contributed by atoms with van der Waals surface area (Å²) in [5.74, 6) is 0.878. The molecular formula is C10H12N2O. The Bertz CT molecular complexity index is 420. The monoisotopic (exact) mass is 176 g/mol. The summed E-state index contributed by atoms with van der Waals surface area (Å²) in [4.78, 5) is 0. The van der Waals surface area contributed by atoms with Crippen LogP contribution in [0.4, 0.5) is 5.69 Å². The first-order chi connectivity index (χ1) is 6.35. The SMILES string of the molecule is CNc1ccn2ccc(OC)cc12. The second-order valence-corrected chi connectivity index (χ2v) is 2.84. The molecule has 0 aromatic carbocycles. The predicted molar refractivity (Wildman–Crippen MR) is 53.5 cm³/mol. The Labute approximate surface area is 76.9 Å². The molecule has 3 heteroatoms. The Hall–Kier alpha value is -1.64. The van der Waals surface area contributed by atoms with Crippen LogP contribution >= 0.6 is 0 Å². The lowest BCUT2D eigenvalue weighted by molar-refractivity contribution is 0.414. The van der Waals surface area contributed by atoms with E-state index in [9.17, 15) is 0 Å². The van der Waals surface area contributed by atoms with Crippen molar-refractivity contribution in [3.05, 3.63) is 30.6 Å². The number of nitrogens with zero attached hydrogens (tertiary/aromatic N) is 1. The van der Waals surface area contributed by atoms with E-state index in [2.05, 4.69) is 5.32 Å². The molecule has 2 aromatic heterocycles. The van der Waals surface area contributed by atoms with Gasteiger partial charge in [0.15, 0.2) is 0 Å². The number of pyridine rings is 1. The molecule has 0 fully saturated rings. The molecule has 0 aliphatic carbocycles. The molecule has 0 radical (unpaired) electrons. The fourth-order valence-electron chi connectivity index (χ4n) is 1.42. The fourth-order valence-corrected chi connectivity index (χ4v) is 1.42. The van der Waals surface area contributed by atoms with Crippen LogP contribution in [0.15, 0.2) is 30.6 Å². The molecule has 2 heterocycles. The van der Waals surface area contributed by atoms with Crippen molar-refractivity contribution in [1.29, 1.82) is 0 Å². The third kappa shape index (κ3) is 1.22. The summed E-state index contributed by atoms with van der Waals surface area (Å²) >= 11 is 0. The van der Waals surface area contributed by atoms with Crippen LogP contribution < -0.4 is 10.1 Å². The summed E-state index contributed by atoms with van der Waals surface area (Å²) in [6.45, 7) is 0. The van der Waals surface area contributed by atoms with Gasteiger partial charge in [0.05, 0.1) is 18.3 Å². The summed E-state index contributed by atoms with van der Waals surface area (Å²) in [7, 11) is 3.59. The van der Waals surface area contributed by atoms with Crippen molar-refractivity contribution >= 4 is 11.2 Å². The molecule has 13 heavy (non-hydrogen) atoms. The van der Waals surface area contributed by atoms with E-state index in [4.69, 9.17) is 4.74 Å². The zero-order valence-corrected chi connectivity index (χ0v) is 7.74. The minimum atomic E-state index is 0.878. The molecule has 2 aromatic rings. The molecule has 0 saturated heterocycles. The number of hydrogen-bond acceptors (Lipinski definition) is 2. The first kappa shape index (κ1) is 7.98. The Morgan fingerprint density at radius 2 is 2.08 bits per heavy atom. The normalized spacial score (nSPS) is 10.3. The van der Waals surface area contributed by atoms with Crippen molar-refractivity contribution in [2.45, 2.75) is 0 Å². The summed E-state index contributed by atoms with van der Waals surface area (Å²) in [5.41, 5.74) is 2.24.